The minimum absolute atomic E-state index is 0.0653. The molecular formula is C16H11F3O2. The van der Waals surface area contributed by atoms with Crippen LogP contribution >= 0.6 is 0 Å². The van der Waals surface area contributed by atoms with Crippen molar-refractivity contribution >= 4 is 12.0 Å². The zero-order valence-corrected chi connectivity index (χ0v) is 10.8. The van der Waals surface area contributed by atoms with Gasteiger partial charge in [0.05, 0.1) is 5.56 Å². The Morgan fingerprint density at radius 2 is 1.71 bits per heavy atom. The molecule has 2 rings (SSSR count). The molecule has 5 heteroatoms. The van der Waals surface area contributed by atoms with E-state index in [2.05, 4.69) is 0 Å². The predicted octanol–water partition coefficient (Wildman–Crippen LogP) is 4.47. The maximum atomic E-state index is 13.2. The van der Waals surface area contributed by atoms with Crippen LogP contribution in [0, 0.1) is 0 Å². The van der Waals surface area contributed by atoms with E-state index in [1.54, 1.807) is 30.3 Å². The van der Waals surface area contributed by atoms with Crippen molar-refractivity contribution in [2.45, 2.75) is 6.18 Å². The number of rotatable bonds is 3. The molecule has 2 aromatic carbocycles. The Morgan fingerprint density at radius 3 is 2.29 bits per heavy atom. The minimum Gasteiger partial charge on any atom is -0.478 e. The van der Waals surface area contributed by atoms with Gasteiger partial charge in [-0.15, -0.1) is 0 Å². The summed E-state index contributed by atoms with van der Waals surface area (Å²) in [5, 5.41) is 8.53. The maximum absolute atomic E-state index is 13.2. The average Bonchev–Trinajstić information content (AvgIpc) is 2.45. The van der Waals surface area contributed by atoms with Crippen LogP contribution in [0.25, 0.3) is 17.2 Å². The molecule has 0 heterocycles. The van der Waals surface area contributed by atoms with E-state index in [0.717, 1.165) is 18.2 Å². The maximum Gasteiger partial charge on any atom is 0.417 e. The van der Waals surface area contributed by atoms with Crippen molar-refractivity contribution in [2.24, 2.45) is 0 Å². The normalized spacial score (nSPS) is 11.8. The molecule has 2 aromatic rings. The zero-order valence-electron chi connectivity index (χ0n) is 10.8. The molecule has 21 heavy (non-hydrogen) atoms. The highest BCUT2D eigenvalue weighted by Crippen LogP contribution is 2.37. The number of alkyl halides is 3. The highest BCUT2D eigenvalue weighted by Gasteiger charge is 2.33. The standard InChI is InChI=1S/C16H11F3O2/c17-16(18,19)14-10-11(7-9-15(20)21)6-8-13(14)12-4-2-1-3-5-12/h1-10H,(H,20,21). The van der Waals surface area contributed by atoms with E-state index in [1.807, 2.05) is 0 Å². The second kappa shape index (κ2) is 5.83. The topological polar surface area (TPSA) is 37.3 Å². The molecule has 0 aliphatic rings. The van der Waals surface area contributed by atoms with Crippen molar-refractivity contribution in [3.05, 3.63) is 65.7 Å². The number of hydrogen-bond acceptors (Lipinski definition) is 1. The lowest BCUT2D eigenvalue weighted by atomic mass is 9.97. The molecule has 0 spiro atoms. The summed E-state index contributed by atoms with van der Waals surface area (Å²) in [7, 11) is 0. The molecule has 2 nitrogen and oxygen atoms in total. The smallest absolute Gasteiger partial charge is 0.417 e. The van der Waals surface area contributed by atoms with E-state index in [-0.39, 0.29) is 11.1 Å². The second-order valence-corrected chi connectivity index (χ2v) is 4.34. The van der Waals surface area contributed by atoms with Gasteiger partial charge in [0, 0.05) is 6.08 Å². The number of halogens is 3. The third-order valence-corrected chi connectivity index (χ3v) is 2.85. The number of carboxylic acid groups (broad SMARTS) is 1. The molecule has 1 N–H and O–H groups in total. The van der Waals surface area contributed by atoms with Gasteiger partial charge < -0.3 is 5.11 Å². The highest BCUT2D eigenvalue weighted by atomic mass is 19.4. The predicted molar refractivity (Wildman–Crippen MR) is 73.5 cm³/mol. The number of hydrogen-bond donors (Lipinski definition) is 1. The lowest BCUT2D eigenvalue weighted by molar-refractivity contribution is -0.137. The molecule has 0 aliphatic heterocycles. The van der Waals surface area contributed by atoms with Crippen molar-refractivity contribution in [1.82, 2.24) is 0 Å². The lowest BCUT2D eigenvalue weighted by Crippen LogP contribution is -2.07. The van der Waals surface area contributed by atoms with Gasteiger partial charge in [-0.3, -0.25) is 0 Å². The van der Waals surface area contributed by atoms with Crippen LogP contribution in [0.3, 0.4) is 0 Å². The van der Waals surface area contributed by atoms with Gasteiger partial charge in [0.25, 0.3) is 0 Å². The third kappa shape index (κ3) is 3.72. The fourth-order valence-electron chi connectivity index (χ4n) is 1.94. The van der Waals surface area contributed by atoms with Crippen molar-refractivity contribution in [2.75, 3.05) is 0 Å². The van der Waals surface area contributed by atoms with Crippen molar-refractivity contribution in [3.8, 4) is 11.1 Å². The average molecular weight is 292 g/mol. The number of carboxylic acids is 1. The molecule has 0 aliphatic carbocycles. The van der Waals surface area contributed by atoms with Crippen LogP contribution in [0.15, 0.2) is 54.6 Å². The molecule has 0 atom stereocenters. The van der Waals surface area contributed by atoms with Gasteiger partial charge in [0.1, 0.15) is 0 Å². The van der Waals surface area contributed by atoms with Crippen LogP contribution in [0.4, 0.5) is 13.2 Å². The van der Waals surface area contributed by atoms with Crippen LogP contribution < -0.4 is 0 Å². The minimum atomic E-state index is -4.52. The summed E-state index contributed by atoms with van der Waals surface area (Å²) in [6.45, 7) is 0. The van der Waals surface area contributed by atoms with Gasteiger partial charge >= 0.3 is 12.1 Å². The first-order valence-corrected chi connectivity index (χ1v) is 6.05. The first kappa shape index (κ1) is 14.8. The van der Waals surface area contributed by atoms with Gasteiger partial charge in [0.2, 0.25) is 0 Å². The molecular weight excluding hydrogens is 281 g/mol. The summed E-state index contributed by atoms with van der Waals surface area (Å²) >= 11 is 0. The van der Waals surface area contributed by atoms with E-state index < -0.39 is 17.7 Å². The molecule has 0 aromatic heterocycles. The van der Waals surface area contributed by atoms with E-state index in [0.29, 0.717) is 5.56 Å². The Kier molecular flexibility index (Phi) is 4.12. The fraction of sp³-hybridized carbons (Fsp3) is 0.0625. The molecule has 0 bridgehead atoms. The Morgan fingerprint density at radius 1 is 1.05 bits per heavy atom. The molecule has 0 fully saturated rings. The summed E-state index contributed by atoms with van der Waals surface area (Å²) in [6, 6.07) is 12.0. The Hall–Kier alpha value is -2.56. The van der Waals surface area contributed by atoms with Gasteiger partial charge in [0.15, 0.2) is 0 Å². The third-order valence-electron chi connectivity index (χ3n) is 2.85. The molecule has 0 saturated heterocycles. The van der Waals surface area contributed by atoms with Crippen LogP contribution in [-0.2, 0) is 11.0 Å². The first-order chi connectivity index (χ1) is 9.88. The molecule has 0 radical (unpaired) electrons. The molecule has 0 saturated carbocycles. The van der Waals surface area contributed by atoms with Crippen molar-refractivity contribution in [3.63, 3.8) is 0 Å². The Balaban J connectivity index is 2.54. The quantitative estimate of drug-likeness (QED) is 0.847. The van der Waals surface area contributed by atoms with E-state index in [9.17, 15) is 18.0 Å². The highest BCUT2D eigenvalue weighted by molar-refractivity contribution is 5.85. The van der Waals surface area contributed by atoms with Gasteiger partial charge in [-0.1, -0.05) is 42.5 Å². The zero-order chi connectivity index (χ0) is 15.5. The first-order valence-electron chi connectivity index (χ1n) is 6.05. The Bertz CT molecular complexity index is 674. The van der Waals surface area contributed by atoms with Crippen LogP contribution in [0.5, 0.6) is 0 Å². The van der Waals surface area contributed by atoms with E-state index >= 15 is 0 Å². The van der Waals surface area contributed by atoms with Crippen LogP contribution in [0.1, 0.15) is 11.1 Å². The van der Waals surface area contributed by atoms with Gasteiger partial charge in [-0.2, -0.15) is 13.2 Å². The fourth-order valence-corrected chi connectivity index (χ4v) is 1.94. The van der Waals surface area contributed by atoms with Crippen LogP contribution in [0.2, 0.25) is 0 Å². The summed E-state index contributed by atoms with van der Waals surface area (Å²) in [5.41, 5.74) is -0.0835. The Labute approximate surface area is 119 Å². The summed E-state index contributed by atoms with van der Waals surface area (Å²) in [4.78, 5) is 10.4. The van der Waals surface area contributed by atoms with E-state index in [1.165, 1.54) is 12.1 Å². The summed E-state index contributed by atoms with van der Waals surface area (Å²) < 4.78 is 39.5. The van der Waals surface area contributed by atoms with Gasteiger partial charge in [-0.25, -0.2) is 4.79 Å². The number of benzene rings is 2. The summed E-state index contributed by atoms with van der Waals surface area (Å²) in [5.74, 6) is -1.21. The van der Waals surface area contributed by atoms with Gasteiger partial charge in [-0.05, 0) is 28.8 Å². The number of carbonyl (C=O) groups is 1. The monoisotopic (exact) mass is 292 g/mol. The molecule has 108 valence electrons. The van der Waals surface area contributed by atoms with Crippen LogP contribution in [-0.4, -0.2) is 11.1 Å². The summed E-state index contributed by atoms with van der Waals surface area (Å²) in [6.07, 6.45) is -2.58. The number of aliphatic carboxylic acids is 1. The SMILES string of the molecule is O=C(O)C=Cc1ccc(-c2ccccc2)c(C(F)(F)F)c1. The lowest BCUT2D eigenvalue weighted by Gasteiger charge is -2.14. The van der Waals surface area contributed by atoms with Crippen molar-refractivity contribution in [1.29, 1.82) is 0 Å². The van der Waals surface area contributed by atoms with Crippen molar-refractivity contribution < 1.29 is 23.1 Å². The molecule has 0 unspecified atom stereocenters. The molecule has 0 amide bonds. The van der Waals surface area contributed by atoms with E-state index in [4.69, 9.17) is 5.11 Å². The largest absolute Gasteiger partial charge is 0.478 e. The second-order valence-electron chi connectivity index (χ2n) is 4.34.